The van der Waals surface area contributed by atoms with Crippen LogP contribution in [0.4, 0.5) is 0 Å². The van der Waals surface area contributed by atoms with Crippen molar-refractivity contribution in [1.82, 2.24) is 15.1 Å². The molecule has 1 aliphatic carbocycles. The molecule has 4 heteroatoms. The zero-order valence-electron chi connectivity index (χ0n) is 10.4. The van der Waals surface area contributed by atoms with E-state index < -0.39 is 0 Å². The molecule has 0 unspecified atom stereocenters. The van der Waals surface area contributed by atoms with Gasteiger partial charge in [-0.15, -0.1) is 0 Å². The van der Waals surface area contributed by atoms with Crippen LogP contribution >= 0.6 is 11.6 Å². The van der Waals surface area contributed by atoms with E-state index in [0.29, 0.717) is 5.92 Å². The smallest absolute Gasteiger partial charge is 0.0705 e. The first-order valence-electron chi connectivity index (χ1n) is 6.27. The highest BCUT2D eigenvalue weighted by Gasteiger charge is 2.26. The number of rotatable bonds is 4. The Morgan fingerprint density at radius 1 is 1.39 bits per heavy atom. The van der Waals surface area contributed by atoms with Crippen molar-refractivity contribution in [2.24, 2.45) is 0 Å². The molecule has 94 valence electrons. The first kappa shape index (κ1) is 11.8. The van der Waals surface area contributed by atoms with E-state index in [-0.39, 0.29) is 0 Å². The van der Waals surface area contributed by atoms with Gasteiger partial charge in [0.2, 0.25) is 0 Å². The number of aromatic nitrogens is 2. The van der Waals surface area contributed by atoms with Gasteiger partial charge in [-0.2, -0.15) is 5.10 Å². The Morgan fingerprint density at radius 2 is 2.22 bits per heavy atom. The van der Waals surface area contributed by atoms with Crippen LogP contribution in [0.25, 0.3) is 5.69 Å². The van der Waals surface area contributed by atoms with E-state index in [1.54, 1.807) is 0 Å². The van der Waals surface area contributed by atoms with Crippen LogP contribution in [0.15, 0.2) is 30.5 Å². The third kappa shape index (κ3) is 2.28. The number of nitrogens with one attached hydrogen (secondary N) is 1. The van der Waals surface area contributed by atoms with Crippen molar-refractivity contribution < 1.29 is 0 Å². The summed E-state index contributed by atoms with van der Waals surface area (Å²) in [4.78, 5) is 0. The van der Waals surface area contributed by atoms with Crippen LogP contribution in [-0.4, -0.2) is 16.8 Å². The minimum atomic E-state index is 0.679. The summed E-state index contributed by atoms with van der Waals surface area (Å²) in [6.45, 7) is 0.811. The van der Waals surface area contributed by atoms with Crippen molar-refractivity contribution in [1.29, 1.82) is 0 Å². The average Bonchev–Trinajstić information content (AvgIpc) is 3.10. The summed E-state index contributed by atoms with van der Waals surface area (Å²) in [6.07, 6.45) is 4.57. The Morgan fingerprint density at radius 3 is 2.94 bits per heavy atom. The predicted octanol–water partition coefficient (Wildman–Crippen LogP) is 3.12. The van der Waals surface area contributed by atoms with Crippen LogP contribution in [0, 0.1) is 0 Å². The Balaban J connectivity index is 1.99. The number of hydrogen-bond acceptors (Lipinski definition) is 2. The molecule has 18 heavy (non-hydrogen) atoms. The van der Waals surface area contributed by atoms with Gasteiger partial charge in [0.15, 0.2) is 0 Å². The summed E-state index contributed by atoms with van der Waals surface area (Å²) in [5.74, 6) is 0.679. The first-order valence-corrected chi connectivity index (χ1v) is 6.64. The Labute approximate surface area is 112 Å². The van der Waals surface area contributed by atoms with E-state index in [2.05, 4.69) is 16.5 Å². The number of nitrogens with zero attached hydrogens (tertiary/aromatic N) is 2. The predicted molar refractivity (Wildman–Crippen MR) is 73.3 cm³/mol. The van der Waals surface area contributed by atoms with Crippen molar-refractivity contribution in [2.45, 2.75) is 25.3 Å². The summed E-state index contributed by atoms with van der Waals surface area (Å²) in [5.41, 5.74) is 3.46. The van der Waals surface area contributed by atoms with Gasteiger partial charge >= 0.3 is 0 Å². The van der Waals surface area contributed by atoms with E-state index in [4.69, 9.17) is 11.6 Å². The van der Waals surface area contributed by atoms with Gasteiger partial charge in [-0.05, 0) is 43.7 Å². The second-order valence-corrected chi connectivity index (χ2v) is 5.20. The molecule has 0 spiro atoms. The van der Waals surface area contributed by atoms with Crippen LogP contribution in [0.5, 0.6) is 0 Å². The maximum absolute atomic E-state index is 6.09. The summed E-state index contributed by atoms with van der Waals surface area (Å²) in [5, 5.41) is 8.57. The van der Waals surface area contributed by atoms with E-state index in [1.807, 2.05) is 36.1 Å². The topological polar surface area (TPSA) is 29.9 Å². The molecule has 3 nitrogen and oxygen atoms in total. The van der Waals surface area contributed by atoms with Gasteiger partial charge in [0, 0.05) is 23.7 Å². The maximum atomic E-state index is 6.09. The second kappa shape index (κ2) is 4.75. The molecule has 0 aliphatic heterocycles. The van der Waals surface area contributed by atoms with Crippen LogP contribution in [0.1, 0.15) is 30.0 Å². The van der Waals surface area contributed by atoms with Crippen molar-refractivity contribution in [3.8, 4) is 5.69 Å². The molecule has 2 aromatic rings. The molecule has 3 rings (SSSR count). The van der Waals surface area contributed by atoms with Gasteiger partial charge in [-0.25, -0.2) is 4.68 Å². The van der Waals surface area contributed by atoms with Crippen LogP contribution in [0.3, 0.4) is 0 Å². The molecule has 0 saturated heterocycles. The third-order valence-corrected chi connectivity index (χ3v) is 3.50. The lowest BCUT2D eigenvalue weighted by atomic mass is 10.2. The summed E-state index contributed by atoms with van der Waals surface area (Å²) >= 11 is 6.09. The Hall–Kier alpha value is -1.32. The highest BCUT2D eigenvalue weighted by atomic mass is 35.5. The zero-order valence-corrected chi connectivity index (χ0v) is 11.1. The molecule has 1 aliphatic rings. The van der Waals surface area contributed by atoms with E-state index >= 15 is 0 Å². The van der Waals surface area contributed by atoms with E-state index in [1.165, 1.54) is 24.1 Å². The van der Waals surface area contributed by atoms with Gasteiger partial charge < -0.3 is 5.32 Å². The lowest BCUT2D eigenvalue weighted by molar-refractivity contribution is 0.779. The van der Waals surface area contributed by atoms with Gasteiger partial charge in [0.1, 0.15) is 0 Å². The zero-order chi connectivity index (χ0) is 12.5. The Bertz CT molecular complexity index is 558. The summed E-state index contributed by atoms with van der Waals surface area (Å²) in [6, 6.07) is 8.05. The molecule has 0 radical (unpaired) electrons. The third-order valence-electron chi connectivity index (χ3n) is 3.27. The lowest BCUT2D eigenvalue weighted by Crippen LogP contribution is -2.09. The molecule has 0 atom stereocenters. The minimum absolute atomic E-state index is 0.679. The fraction of sp³-hybridized carbons (Fsp3) is 0.357. The van der Waals surface area contributed by atoms with Gasteiger partial charge in [0.05, 0.1) is 11.4 Å². The monoisotopic (exact) mass is 261 g/mol. The minimum Gasteiger partial charge on any atom is -0.316 e. The SMILES string of the molecule is CNCc1ccc(Cl)cc1-n1ccc(C2CC2)n1. The van der Waals surface area contributed by atoms with E-state index in [0.717, 1.165) is 17.3 Å². The second-order valence-electron chi connectivity index (χ2n) is 4.76. The molecule has 1 heterocycles. The summed E-state index contributed by atoms with van der Waals surface area (Å²) in [7, 11) is 1.94. The number of halogens is 1. The molecule has 1 aromatic heterocycles. The van der Waals surface area contributed by atoms with Crippen LogP contribution < -0.4 is 5.32 Å². The normalized spacial score (nSPS) is 15.0. The summed E-state index contributed by atoms with van der Waals surface area (Å²) < 4.78 is 1.94. The fourth-order valence-electron chi connectivity index (χ4n) is 2.16. The fourth-order valence-corrected chi connectivity index (χ4v) is 2.33. The largest absolute Gasteiger partial charge is 0.316 e. The van der Waals surface area contributed by atoms with Crippen LogP contribution in [-0.2, 0) is 6.54 Å². The highest BCUT2D eigenvalue weighted by molar-refractivity contribution is 6.30. The molecular weight excluding hydrogens is 246 g/mol. The molecule has 0 bridgehead atoms. The molecule has 1 saturated carbocycles. The van der Waals surface area contributed by atoms with Gasteiger partial charge in [-0.1, -0.05) is 17.7 Å². The van der Waals surface area contributed by atoms with Crippen LogP contribution in [0.2, 0.25) is 5.02 Å². The highest BCUT2D eigenvalue weighted by Crippen LogP contribution is 2.39. The standard InChI is InChI=1S/C14H16ClN3/c1-16-9-11-4-5-12(15)8-14(11)18-7-6-13(17-18)10-2-3-10/h4-8,10,16H,2-3,9H2,1H3. The van der Waals surface area contributed by atoms with Crippen molar-refractivity contribution in [2.75, 3.05) is 7.05 Å². The van der Waals surface area contributed by atoms with Gasteiger partial charge in [0.25, 0.3) is 0 Å². The van der Waals surface area contributed by atoms with Crippen molar-refractivity contribution in [3.05, 3.63) is 46.7 Å². The number of hydrogen-bond donors (Lipinski definition) is 1. The van der Waals surface area contributed by atoms with Crippen molar-refractivity contribution >= 4 is 11.6 Å². The number of benzene rings is 1. The molecule has 1 N–H and O–H groups in total. The molecule has 1 aromatic carbocycles. The quantitative estimate of drug-likeness (QED) is 0.917. The average molecular weight is 262 g/mol. The lowest BCUT2D eigenvalue weighted by Gasteiger charge is -2.09. The molecule has 1 fully saturated rings. The van der Waals surface area contributed by atoms with Crippen molar-refractivity contribution in [3.63, 3.8) is 0 Å². The Kier molecular flexibility index (Phi) is 3.10. The maximum Gasteiger partial charge on any atom is 0.0705 e. The van der Waals surface area contributed by atoms with Gasteiger partial charge in [-0.3, -0.25) is 0 Å². The van der Waals surface area contributed by atoms with E-state index in [9.17, 15) is 0 Å². The molecular formula is C14H16ClN3. The first-order chi connectivity index (χ1) is 8.78. The molecule has 0 amide bonds.